The average Bonchev–Trinajstić information content (AvgIpc) is 2.61. The van der Waals surface area contributed by atoms with Crippen molar-refractivity contribution < 1.29 is 9.59 Å². The summed E-state index contributed by atoms with van der Waals surface area (Å²) >= 11 is 0. The zero-order valence-electron chi connectivity index (χ0n) is 12.2. The Kier molecular flexibility index (Phi) is 4.56. The second kappa shape index (κ2) is 5.60. The third-order valence-electron chi connectivity index (χ3n) is 4.06. The lowest BCUT2D eigenvalue weighted by Crippen LogP contribution is -2.49. The standard InChI is InChI=1S/C14H23N3O2/c1-5-14(6-2)11(18)16-12(19)17(14)9-7-8-13(3,4)10-15/h5-9H2,1-4H3,(H,16,18,19). The summed E-state index contributed by atoms with van der Waals surface area (Å²) in [6.07, 6.45) is 2.67. The number of imide groups is 1. The van der Waals surface area contributed by atoms with Crippen LogP contribution in [0.3, 0.4) is 0 Å². The molecule has 0 bridgehead atoms. The first-order chi connectivity index (χ1) is 8.83. The van der Waals surface area contributed by atoms with E-state index in [4.69, 9.17) is 5.26 Å². The molecular weight excluding hydrogens is 242 g/mol. The Bertz CT molecular complexity index is 405. The van der Waals surface area contributed by atoms with Crippen molar-refractivity contribution >= 4 is 11.9 Å². The minimum absolute atomic E-state index is 0.193. The van der Waals surface area contributed by atoms with Gasteiger partial charge in [-0.2, -0.15) is 5.26 Å². The van der Waals surface area contributed by atoms with Gasteiger partial charge in [0, 0.05) is 6.54 Å². The van der Waals surface area contributed by atoms with Crippen molar-refractivity contribution in [1.82, 2.24) is 10.2 Å². The molecule has 3 amide bonds. The number of carbonyl (C=O) groups excluding carboxylic acids is 2. The van der Waals surface area contributed by atoms with Crippen LogP contribution in [0.5, 0.6) is 0 Å². The predicted molar refractivity (Wildman–Crippen MR) is 72.2 cm³/mol. The zero-order valence-corrected chi connectivity index (χ0v) is 12.2. The molecule has 1 N–H and O–H groups in total. The zero-order chi connectivity index (χ0) is 14.7. The van der Waals surface area contributed by atoms with Crippen LogP contribution in [0.15, 0.2) is 0 Å². The number of urea groups is 1. The normalized spacial score (nSPS) is 18.4. The molecule has 5 nitrogen and oxygen atoms in total. The van der Waals surface area contributed by atoms with Crippen LogP contribution in [0.1, 0.15) is 53.4 Å². The molecule has 0 radical (unpaired) electrons. The Hall–Kier alpha value is -1.57. The van der Waals surface area contributed by atoms with E-state index < -0.39 is 5.54 Å². The first-order valence-electron chi connectivity index (χ1n) is 6.87. The maximum atomic E-state index is 12.0. The van der Waals surface area contributed by atoms with Crippen LogP contribution < -0.4 is 5.32 Å². The maximum Gasteiger partial charge on any atom is 0.325 e. The van der Waals surface area contributed by atoms with Gasteiger partial charge < -0.3 is 4.90 Å². The van der Waals surface area contributed by atoms with E-state index in [-0.39, 0.29) is 17.4 Å². The van der Waals surface area contributed by atoms with Crippen LogP contribution in [0.2, 0.25) is 0 Å². The molecule has 1 aliphatic rings. The van der Waals surface area contributed by atoms with Gasteiger partial charge >= 0.3 is 6.03 Å². The molecule has 0 aromatic heterocycles. The van der Waals surface area contributed by atoms with E-state index in [1.165, 1.54) is 0 Å². The fraction of sp³-hybridized carbons (Fsp3) is 0.786. The van der Waals surface area contributed by atoms with Crippen LogP contribution in [0.4, 0.5) is 4.79 Å². The van der Waals surface area contributed by atoms with Crippen LogP contribution in [0.25, 0.3) is 0 Å². The van der Waals surface area contributed by atoms with Crippen LogP contribution in [-0.4, -0.2) is 28.9 Å². The summed E-state index contributed by atoms with van der Waals surface area (Å²) in [7, 11) is 0. The minimum Gasteiger partial charge on any atom is -0.310 e. The summed E-state index contributed by atoms with van der Waals surface area (Å²) in [6, 6.07) is 1.95. The lowest BCUT2D eigenvalue weighted by molar-refractivity contribution is -0.127. The molecule has 0 atom stereocenters. The van der Waals surface area contributed by atoms with E-state index in [1.807, 2.05) is 27.7 Å². The van der Waals surface area contributed by atoms with Gasteiger partial charge in [0.25, 0.3) is 5.91 Å². The molecule has 0 aromatic rings. The number of amides is 3. The Morgan fingerprint density at radius 2 is 1.89 bits per heavy atom. The van der Waals surface area contributed by atoms with E-state index in [0.717, 1.165) is 6.42 Å². The summed E-state index contributed by atoms with van der Waals surface area (Å²) in [6.45, 7) is 8.14. The topological polar surface area (TPSA) is 73.2 Å². The van der Waals surface area contributed by atoms with Gasteiger partial charge in [-0.3, -0.25) is 10.1 Å². The SMILES string of the molecule is CCC1(CC)C(=O)NC(=O)N1CCCC(C)(C)C#N. The van der Waals surface area contributed by atoms with Gasteiger partial charge in [-0.25, -0.2) is 4.79 Å². The highest BCUT2D eigenvalue weighted by atomic mass is 16.2. The molecule has 5 heteroatoms. The number of nitrogens with one attached hydrogen (secondary N) is 1. The number of rotatable bonds is 6. The quantitative estimate of drug-likeness (QED) is 0.749. The number of hydrogen-bond acceptors (Lipinski definition) is 3. The molecule has 1 rings (SSSR count). The molecule has 1 aliphatic heterocycles. The van der Waals surface area contributed by atoms with Crippen molar-refractivity contribution in [3.63, 3.8) is 0 Å². The molecule has 0 unspecified atom stereocenters. The van der Waals surface area contributed by atoms with Gasteiger partial charge in [0.15, 0.2) is 0 Å². The maximum absolute atomic E-state index is 12.0. The van der Waals surface area contributed by atoms with Gasteiger partial charge in [-0.05, 0) is 39.5 Å². The Balaban J connectivity index is 2.73. The number of nitriles is 1. The number of carbonyl (C=O) groups is 2. The molecule has 0 spiro atoms. The summed E-state index contributed by atoms with van der Waals surface area (Å²) in [5, 5.41) is 11.4. The number of nitrogens with zero attached hydrogens (tertiary/aromatic N) is 2. The Morgan fingerprint density at radius 3 is 2.37 bits per heavy atom. The molecular formula is C14H23N3O2. The first-order valence-corrected chi connectivity index (χ1v) is 6.87. The van der Waals surface area contributed by atoms with Crippen molar-refractivity contribution in [3.8, 4) is 6.07 Å². The lowest BCUT2D eigenvalue weighted by atomic mass is 9.88. The summed E-state index contributed by atoms with van der Waals surface area (Å²) < 4.78 is 0. The number of hydrogen-bond donors (Lipinski definition) is 1. The van der Waals surface area contributed by atoms with Crippen molar-refractivity contribution in [3.05, 3.63) is 0 Å². The van der Waals surface area contributed by atoms with Gasteiger partial charge in [-0.15, -0.1) is 0 Å². The van der Waals surface area contributed by atoms with E-state index in [1.54, 1.807) is 4.90 Å². The molecule has 0 saturated carbocycles. The second-order valence-corrected chi connectivity index (χ2v) is 5.75. The third-order valence-corrected chi connectivity index (χ3v) is 4.06. The molecule has 1 fully saturated rings. The van der Waals surface area contributed by atoms with Crippen LogP contribution >= 0.6 is 0 Å². The molecule has 1 heterocycles. The highest BCUT2D eigenvalue weighted by Gasteiger charge is 2.49. The van der Waals surface area contributed by atoms with Crippen LogP contribution in [0, 0.1) is 16.7 Å². The molecule has 106 valence electrons. The summed E-state index contributed by atoms with van der Waals surface area (Å²) in [5.41, 5.74) is -1.09. The molecule has 0 aliphatic carbocycles. The predicted octanol–water partition coefficient (Wildman–Crippen LogP) is 2.43. The largest absolute Gasteiger partial charge is 0.325 e. The van der Waals surface area contributed by atoms with E-state index in [9.17, 15) is 9.59 Å². The Morgan fingerprint density at radius 1 is 1.32 bits per heavy atom. The van der Waals surface area contributed by atoms with E-state index in [0.29, 0.717) is 25.8 Å². The van der Waals surface area contributed by atoms with E-state index in [2.05, 4.69) is 11.4 Å². The highest BCUT2D eigenvalue weighted by molar-refractivity contribution is 6.06. The van der Waals surface area contributed by atoms with Gasteiger partial charge in [0.2, 0.25) is 0 Å². The molecule has 0 aromatic carbocycles. The molecule has 19 heavy (non-hydrogen) atoms. The first kappa shape index (κ1) is 15.5. The van der Waals surface area contributed by atoms with Crippen molar-refractivity contribution in [2.45, 2.75) is 58.9 Å². The fourth-order valence-electron chi connectivity index (χ4n) is 2.60. The van der Waals surface area contributed by atoms with Crippen molar-refractivity contribution in [1.29, 1.82) is 5.26 Å². The summed E-state index contributed by atoms with van der Waals surface area (Å²) in [4.78, 5) is 25.5. The third kappa shape index (κ3) is 2.89. The van der Waals surface area contributed by atoms with E-state index >= 15 is 0 Å². The average molecular weight is 265 g/mol. The fourth-order valence-corrected chi connectivity index (χ4v) is 2.60. The van der Waals surface area contributed by atoms with Gasteiger partial charge in [0.05, 0.1) is 11.5 Å². The van der Waals surface area contributed by atoms with Crippen molar-refractivity contribution in [2.75, 3.05) is 6.54 Å². The van der Waals surface area contributed by atoms with Gasteiger partial charge in [-0.1, -0.05) is 13.8 Å². The lowest BCUT2D eigenvalue weighted by Gasteiger charge is -2.34. The van der Waals surface area contributed by atoms with Gasteiger partial charge in [0.1, 0.15) is 5.54 Å². The van der Waals surface area contributed by atoms with Crippen LogP contribution in [-0.2, 0) is 4.79 Å². The highest BCUT2D eigenvalue weighted by Crippen LogP contribution is 2.30. The summed E-state index contributed by atoms with van der Waals surface area (Å²) in [5.74, 6) is -0.193. The smallest absolute Gasteiger partial charge is 0.310 e. The molecule has 1 saturated heterocycles. The minimum atomic E-state index is -0.701. The van der Waals surface area contributed by atoms with Crippen molar-refractivity contribution in [2.24, 2.45) is 5.41 Å². The monoisotopic (exact) mass is 265 g/mol. The Labute approximate surface area is 115 Å². The second-order valence-electron chi connectivity index (χ2n) is 5.75.